The summed E-state index contributed by atoms with van der Waals surface area (Å²) in [5.41, 5.74) is 0. The van der Waals surface area contributed by atoms with Gasteiger partial charge >= 0.3 is 17.9 Å². The number of aliphatic hydroxyl groups excluding tert-OH is 3. The smallest absolute Gasteiger partial charge is 0.336 e. The second-order valence-electron chi connectivity index (χ2n) is 7.51. The van der Waals surface area contributed by atoms with Crippen molar-refractivity contribution in [3.8, 4) is 0 Å². The lowest BCUT2D eigenvalue weighted by Gasteiger charge is -2.32. The van der Waals surface area contributed by atoms with Crippen LogP contribution in [-0.4, -0.2) is 89.2 Å². The van der Waals surface area contributed by atoms with E-state index in [1.54, 1.807) is 0 Å². The number of hydrogen-bond donors (Lipinski definition) is 3. The Labute approximate surface area is 194 Å². The molecule has 0 aliphatic rings. The average molecular weight is 483 g/mol. The van der Waals surface area contributed by atoms with Gasteiger partial charge in [0.1, 0.15) is 24.4 Å². The van der Waals surface area contributed by atoms with Crippen LogP contribution in [-0.2, 0) is 42.8 Å². The minimum absolute atomic E-state index is 0.188. The Hall–Kier alpha value is -1.83. The first-order valence-electron chi connectivity index (χ1n) is 10.9. The van der Waals surface area contributed by atoms with Gasteiger partial charge in [0.15, 0.2) is 6.29 Å². The fraction of sp³-hybridized carbons (Fsp3) is 0.857. The van der Waals surface area contributed by atoms with Gasteiger partial charge in [0.2, 0.25) is 12.6 Å². The van der Waals surface area contributed by atoms with Crippen LogP contribution in [0.15, 0.2) is 0 Å². The largest absolute Gasteiger partial charge is 0.434 e. The summed E-state index contributed by atoms with van der Waals surface area (Å²) < 4.78 is 32.0. The van der Waals surface area contributed by atoms with E-state index in [1.807, 2.05) is 6.92 Å². The molecule has 12 heteroatoms. The van der Waals surface area contributed by atoms with Crippen LogP contribution in [0.3, 0.4) is 0 Å². The lowest BCUT2D eigenvalue weighted by molar-refractivity contribution is -0.247. The van der Waals surface area contributed by atoms with Crippen LogP contribution < -0.4 is 0 Å². The Bertz CT molecular complexity index is 592. The summed E-state index contributed by atoms with van der Waals surface area (Å²) in [4.78, 5) is 34.8. The highest BCUT2D eigenvalue weighted by Crippen LogP contribution is 2.18. The van der Waals surface area contributed by atoms with E-state index >= 15 is 0 Å². The highest BCUT2D eigenvalue weighted by atomic mass is 16.7. The molecule has 0 aliphatic carbocycles. The minimum atomic E-state index is -1.35. The quantitative estimate of drug-likeness (QED) is 0.157. The van der Waals surface area contributed by atoms with Crippen molar-refractivity contribution in [2.45, 2.75) is 111 Å². The van der Waals surface area contributed by atoms with Gasteiger partial charge in [-0.25, -0.2) is 14.4 Å². The topological polar surface area (TPSA) is 167 Å². The second kappa shape index (κ2) is 15.9. The zero-order valence-electron chi connectivity index (χ0n) is 20.3. The van der Waals surface area contributed by atoms with Gasteiger partial charge in [-0.05, 0) is 48.0 Å². The first-order chi connectivity index (χ1) is 15.3. The van der Waals surface area contributed by atoms with Crippen molar-refractivity contribution in [3.63, 3.8) is 0 Å². The highest BCUT2D eigenvalue weighted by molar-refractivity contribution is 5.74. The van der Waals surface area contributed by atoms with Crippen molar-refractivity contribution in [1.82, 2.24) is 0 Å². The zero-order valence-corrected chi connectivity index (χ0v) is 20.3. The van der Waals surface area contributed by atoms with Crippen LogP contribution in [0.1, 0.15) is 61.3 Å². The SMILES string of the molecule is CCCC(OC(C)OC(=O)C(C)O)C(COC(C)OC(=O)C(C)O)OC(C)OC(=O)C(C)O. The Kier molecular flexibility index (Phi) is 15.0. The molecule has 8 atom stereocenters. The Balaban J connectivity index is 5.37. The molecule has 33 heavy (non-hydrogen) atoms. The van der Waals surface area contributed by atoms with Crippen LogP contribution in [0.5, 0.6) is 0 Å². The molecule has 0 radical (unpaired) electrons. The third-order valence-corrected chi connectivity index (χ3v) is 4.09. The molecule has 8 unspecified atom stereocenters. The van der Waals surface area contributed by atoms with E-state index in [4.69, 9.17) is 28.4 Å². The monoisotopic (exact) mass is 482 g/mol. The number of aliphatic hydroxyl groups is 3. The Morgan fingerprint density at radius 2 is 1.00 bits per heavy atom. The molecule has 0 aromatic heterocycles. The molecule has 0 rings (SSSR count). The standard InChI is InChI=1S/C21H38O12/c1-8-9-17(29-15(6)32-20(26)12(3)23)18(30-16(7)33-21(27)13(4)24)10-28-14(5)31-19(25)11(2)22/h11-18,22-24H,8-10H2,1-7H3. The number of ether oxygens (including phenoxy) is 6. The van der Waals surface area contributed by atoms with Gasteiger partial charge in [-0.3, -0.25) is 0 Å². The van der Waals surface area contributed by atoms with E-state index in [2.05, 4.69) is 0 Å². The van der Waals surface area contributed by atoms with Gasteiger partial charge < -0.3 is 43.7 Å². The summed E-state index contributed by atoms with van der Waals surface area (Å²) >= 11 is 0. The third kappa shape index (κ3) is 13.5. The summed E-state index contributed by atoms with van der Waals surface area (Å²) in [7, 11) is 0. The minimum Gasteiger partial charge on any atom is -0.434 e. The fourth-order valence-electron chi connectivity index (χ4n) is 2.46. The van der Waals surface area contributed by atoms with Crippen molar-refractivity contribution in [2.75, 3.05) is 6.61 Å². The molecule has 194 valence electrons. The van der Waals surface area contributed by atoms with Crippen molar-refractivity contribution in [1.29, 1.82) is 0 Å². The van der Waals surface area contributed by atoms with Gasteiger partial charge in [0.25, 0.3) is 0 Å². The van der Waals surface area contributed by atoms with Crippen molar-refractivity contribution in [2.24, 2.45) is 0 Å². The average Bonchev–Trinajstić information content (AvgIpc) is 2.70. The Morgan fingerprint density at radius 3 is 1.36 bits per heavy atom. The van der Waals surface area contributed by atoms with E-state index in [9.17, 15) is 29.7 Å². The Morgan fingerprint density at radius 1 is 0.636 bits per heavy atom. The number of carbonyl (C=O) groups is 3. The van der Waals surface area contributed by atoms with Gasteiger partial charge in [-0.1, -0.05) is 13.3 Å². The van der Waals surface area contributed by atoms with Crippen LogP contribution in [0.2, 0.25) is 0 Å². The number of rotatable bonds is 16. The maximum atomic E-state index is 11.7. The molecular weight excluding hydrogens is 444 g/mol. The van der Waals surface area contributed by atoms with Crippen molar-refractivity contribution < 1.29 is 58.1 Å². The predicted molar refractivity (Wildman–Crippen MR) is 112 cm³/mol. The summed E-state index contributed by atoms with van der Waals surface area (Å²) in [5.74, 6) is -2.64. The molecule has 12 nitrogen and oxygen atoms in total. The van der Waals surface area contributed by atoms with Gasteiger partial charge in [-0.2, -0.15) is 0 Å². The molecule has 0 saturated carbocycles. The second-order valence-corrected chi connectivity index (χ2v) is 7.51. The number of esters is 3. The molecule has 0 spiro atoms. The molecule has 0 amide bonds. The highest BCUT2D eigenvalue weighted by Gasteiger charge is 2.30. The number of hydrogen-bond acceptors (Lipinski definition) is 12. The summed E-state index contributed by atoms with van der Waals surface area (Å²) in [5, 5.41) is 27.9. The van der Waals surface area contributed by atoms with Crippen molar-refractivity contribution >= 4 is 17.9 Å². The van der Waals surface area contributed by atoms with E-state index in [0.29, 0.717) is 12.8 Å². The molecule has 0 saturated heterocycles. The third-order valence-electron chi connectivity index (χ3n) is 4.09. The van der Waals surface area contributed by atoms with Crippen LogP contribution in [0, 0.1) is 0 Å². The normalized spacial score (nSPS) is 18.7. The molecule has 0 fully saturated rings. The fourth-order valence-corrected chi connectivity index (χ4v) is 2.46. The first-order valence-corrected chi connectivity index (χ1v) is 10.9. The van der Waals surface area contributed by atoms with E-state index < -0.39 is 67.3 Å². The van der Waals surface area contributed by atoms with Gasteiger partial charge in [-0.15, -0.1) is 0 Å². The molecule has 3 N–H and O–H groups in total. The lowest BCUT2D eigenvalue weighted by atomic mass is 10.1. The maximum absolute atomic E-state index is 11.7. The molecule has 0 aromatic rings. The summed E-state index contributed by atoms with van der Waals surface area (Å²) in [6, 6.07) is 0. The lowest BCUT2D eigenvalue weighted by Crippen LogP contribution is -2.43. The predicted octanol–water partition coefficient (Wildman–Crippen LogP) is 0.384. The van der Waals surface area contributed by atoms with E-state index in [-0.39, 0.29) is 6.61 Å². The molecular formula is C21H38O12. The first kappa shape index (κ1) is 31.2. The molecule has 0 aromatic carbocycles. The van der Waals surface area contributed by atoms with Gasteiger partial charge in [0, 0.05) is 0 Å². The molecule has 0 aliphatic heterocycles. The van der Waals surface area contributed by atoms with Crippen LogP contribution in [0.4, 0.5) is 0 Å². The van der Waals surface area contributed by atoms with E-state index in [0.717, 1.165) is 0 Å². The van der Waals surface area contributed by atoms with Crippen molar-refractivity contribution in [3.05, 3.63) is 0 Å². The molecule has 0 bridgehead atoms. The summed E-state index contributed by atoms with van der Waals surface area (Å²) in [6.07, 6.45) is -7.76. The number of carbonyl (C=O) groups excluding carboxylic acids is 3. The van der Waals surface area contributed by atoms with Crippen LogP contribution >= 0.6 is 0 Å². The molecule has 0 heterocycles. The maximum Gasteiger partial charge on any atom is 0.336 e. The zero-order chi connectivity index (χ0) is 25.7. The van der Waals surface area contributed by atoms with Gasteiger partial charge in [0.05, 0.1) is 12.7 Å². The van der Waals surface area contributed by atoms with E-state index in [1.165, 1.54) is 41.5 Å². The van der Waals surface area contributed by atoms with Crippen LogP contribution in [0.25, 0.3) is 0 Å². The summed E-state index contributed by atoms with van der Waals surface area (Å²) in [6.45, 7) is 9.78.